The number of nitrogens with one attached hydrogen (secondary N) is 2. The van der Waals surface area contributed by atoms with E-state index < -0.39 is 0 Å². The van der Waals surface area contributed by atoms with Gasteiger partial charge in [0.1, 0.15) is 17.9 Å². The summed E-state index contributed by atoms with van der Waals surface area (Å²) >= 11 is 0. The van der Waals surface area contributed by atoms with Crippen molar-refractivity contribution in [1.82, 2.24) is 25.4 Å². The molecule has 2 aromatic rings. The zero-order valence-electron chi connectivity index (χ0n) is 16.9. The fraction of sp³-hybridized carbons (Fsp3) is 0.550. The van der Waals surface area contributed by atoms with Crippen molar-refractivity contribution in [2.45, 2.75) is 44.1 Å². The molecule has 0 atom stereocenters. The average molecular weight is 498 g/mol. The minimum absolute atomic E-state index is 0. The van der Waals surface area contributed by atoms with E-state index in [1.54, 1.807) is 25.2 Å². The quantitative estimate of drug-likeness (QED) is 0.364. The molecule has 0 unspecified atom stereocenters. The molecule has 7 nitrogen and oxygen atoms in total. The largest absolute Gasteiger partial charge is 0.497 e. The van der Waals surface area contributed by atoms with Gasteiger partial charge in [-0.1, -0.05) is 31.4 Å². The summed E-state index contributed by atoms with van der Waals surface area (Å²) in [5.41, 5.74) is 1.51. The van der Waals surface area contributed by atoms with Crippen LogP contribution in [0.15, 0.2) is 35.6 Å². The first-order valence-corrected chi connectivity index (χ1v) is 9.59. The number of methoxy groups -OCH3 is 1. The fourth-order valence-corrected chi connectivity index (χ4v) is 3.86. The summed E-state index contributed by atoms with van der Waals surface area (Å²) in [6, 6.07) is 8.54. The molecule has 1 heterocycles. The van der Waals surface area contributed by atoms with E-state index in [1.807, 2.05) is 7.05 Å². The summed E-state index contributed by atoms with van der Waals surface area (Å²) in [6.07, 6.45) is 7.78. The maximum atomic E-state index is 5.32. The molecule has 1 fully saturated rings. The van der Waals surface area contributed by atoms with E-state index in [9.17, 15) is 0 Å². The lowest BCUT2D eigenvalue weighted by atomic mass is 9.69. The maximum absolute atomic E-state index is 5.32. The van der Waals surface area contributed by atoms with E-state index in [4.69, 9.17) is 4.74 Å². The van der Waals surface area contributed by atoms with Crippen molar-refractivity contribution in [1.29, 1.82) is 0 Å². The first-order valence-electron chi connectivity index (χ1n) is 9.59. The second-order valence-corrected chi connectivity index (χ2v) is 7.15. The van der Waals surface area contributed by atoms with Gasteiger partial charge < -0.3 is 15.4 Å². The van der Waals surface area contributed by atoms with Crippen molar-refractivity contribution in [2.75, 3.05) is 20.7 Å². The van der Waals surface area contributed by atoms with Crippen LogP contribution in [0.5, 0.6) is 5.75 Å². The Morgan fingerprint density at radius 1 is 1.18 bits per heavy atom. The summed E-state index contributed by atoms with van der Waals surface area (Å²) in [4.78, 5) is 8.61. The molecule has 1 aromatic heterocycles. The number of aromatic nitrogens is 3. The van der Waals surface area contributed by atoms with Crippen LogP contribution in [0.25, 0.3) is 0 Å². The number of benzene rings is 1. The maximum Gasteiger partial charge on any atom is 0.191 e. The molecule has 8 heteroatoms. The first kappa shape index (κ1) is 22.4. The van der Waals surface area contributed by atoms with Crippen LogP contribution in [0, 0.1) is 0 Å². The van der Waals surface area contributed by atoms with Crippen LogP contribution in [0.4, 0.5) is 0 Å². The van der Waals surface area contributed by atoms with Crippen LogP contribution in [0.1, 0.15) is 43.5 Å². The third-order valence-corrected chi connectivity index (χ3v) is 5.55. The molecule has 0 saturated heterocycles. The Morgan fingerprint density at radius 3 is 2.46 bits per heavy atom. The normalized spacial score (nSPS) is 16.2. The monoisotopic (exact) mass is 498 g/mol. The lowest BCUT2D eigenvalue weighted by Gasteiger charge is -2.38. The Kier molecular flexibility index (Phi) is 8.53. The smallest absolute Gasteiger partial charge is 0.191 e. The molecular formula is C20H31IN6O. The topological polar surface area (TPSA) is 76.4 Å². The number of hydrogen-bond acceptors (Lipinski definition) is 4. The number of ether oxygens (including phenoxy) is 1. The lowest BCUT2D eigenvalue weighted by molar-refractivity contribution is 0.291. The van der Waals surface area contributed by atoms with Crippen molar-refractivity contribution in [2.24, 2.45) is 12.0 Å². The van der Waals surface area contributed by atoms with Crippen LogP contribution in [-0.2, 0) is 19.0 Å². The van der Waals surface area contributed by atoms with Gasteiger partial charge in [-0.2, -0.15) is 5.10 Å². The van der Waals surface area contributed by atoms with Crippen molar-refractivity contribution < 1.29 is 4.74 Å². The van der Waals surface area contributed by atoms with E-state index in [0.717, 1.165) is 24.1 Å². The summed E-state index contributed by atoms with van der Waals surface area (Å²) < 4.78 is 7.09. The van der Waals surface area contributed by atoms with Crippen LogP contribution >= 0.6 is 24.0 Å². The molecule has 1 aromatic carbocycles. The fourth-order valence-electron chi connectivity index (χ4n) is 3.86. The minimum atomic E-state index is 0. The molecule has 28 heavy (non-hydrogen) atoms. The average Bonchev–Trinajstić information content (AvgIpc) is 3.13. The van der Waals surface area contributed by atoms with Crippen molar-refractivity contribution >= 4 is 29.9 Å². The van der Waals surface area contributed by atoms with E-state index in [-0.39, 0.29) is 29.4 Å². The number of hydrogen-bond donors (Lipinski definition) is 2. The number of guanidine groups is 1. The van der Waals surface area contributed by atoms with E-state index in [2.05, 4.69) is 50.0 Å². The molecule has 2 N–H and O–H groups in total. The van der Waals surface area contributed by atoms with Crippen LogP contribution < -0.4 is 15.4 Å². The van der Waals surface area contributed by atoms with Crippen LogP contribution in [-0.4, -0.2) is 41.4 Å². The third-order valence-electron chi connectivity index (χ3n) is 5.55. The molecule has 3 rings (SSSR count). The van der Waals surface area contributed by atoms with Gasteiger partial charge in [-0.25, -0.2) is 4.98 Å². The van der Waals surface area contributed by atoms with E-state index in [0.29, 0.717) is 6.54 Å². The highest BCUT2D eigenvalue weighted by atomic mass is 127. The van der Waals surface area contributed by atoms with Gasteiger partial charge in [0.15, 0.2) is 5.96 Å². The van der Waals surface area contributed by atoms with Gasteiger partial charge in [0.2, 0.25) is 0 Å². The van der Waals surface area contributed by atoms with Crippen molar-refractivity contribution in [3.8, 4) is 5.75 Å². The lowest BCUT2D eigenvalue weighted by Crippen LogP contribution is -2.46. The van der Waals surface area contributed by atoms with E-state index >= 15 is 0 Å². The van der Waals surface area contributed by atoms with Gasteiger partial charge in [0, 0.05) is 26.1 Å². The van der Waals surface area contributed by atoms with Gasteiger partial charge >= 0.3 is 0 Å². The molecule has 0 amide bonds. The van der Waals surface area contributed by atoms with Gasteiger partial charge in [-0.15, -0.1) is 24.0 Å². The summed E-state index contributed by atoms with van der Waals surface area (Å²) in [7, 11) is 5.40. The number of halogens is 1. The molecular weight excluding hydrogens is 467 g/mol. The molecule has 0 aliphatic heterocycles. The Morgan fingerprint density at radius 2 is 1.89 bits per heavy atom. The Balaban J connectivity index is 0.00000280. The van der Waals surface area contributed by atoms with Gasteiger partial charge in [-0.3, -0.25) is 9.67 Å². The minimum Gasteiger partial charge on any atom is -0.497 e. The second kappa shape index (κ2) is 10.6. The van der Waals surface area contributed by atoms with Gasteiger partial charge in [-0.05, 0) is 30.5 Å². The van der Waals surface area contributed by atoms with Gasteiger partial charge in [0.05, 0.1) is 13.7 Å². The highest BCUT2D eigenvalue weighted by Gasteiger charge is 2.34. The number of rotatable bonds is 6. The Hall–Kier alpha value is -1.84. The summed E-state index contributed by atoms with van der Waals surface area (Å²) in [6.45, 7) is 1.45. The second-order valence-electron chi connectivity index (χ2n) is 7.15. The summed E-state index contributed by atoms with van der Waals surface area (Å²) in [5.74, 6) is 2.57. The summed E-state index contributed by atoms with van der Waals surface area (Å²) in [5, 5.41) is 11.0. The van der Waals surface area contributed by atoms with Crippen molar-refractivity contribution in [3.63, 3.8) is 0 Å². The Bertz CT molecular complexity index is 752. The third kappa shape index (κ3) is 5.36. The molecule has 1 aliphatic rings. The predicted octanol–water partition coefficient (Wildman–Crippen LogP) is 3.01. The number of nitrogens with zero attached hydrogens (tertiary/aromatic N) is 4. The molecule has 0 bridgehead atoms. The molecule has 0 radical (unpaired) electrons. The highest BCUT2D eigenvalue weighted by molar-refractivity contribution is 14.0. The zero-order valence-corrected chi connectivity index (χ0v) is 19.3. The standard InChI is InChI=1S/C20H30N6O.HI/c1-21-19(22-13-18-24-15-25-26(18)2)23-14-20(11-5-4-6-12-20)16-7-9-17(27-3)10-8-16;/h7-10,15H,4-6,11-14H2,1-3H3,(H2,21,22,23);1H. The zero-order chi connectivity index (χ0) is 19.1. The number of aliphatic imine (C=N–C) groups is 1. The Labute approximate surface area is 184 Å². The SMILES string of the molecule is CN=C(NCc1ncnn1C)NCC1(c2ccc(OC)cc2)CCCCC1.I. The van der Waals surface area contributed by atoms with Crippen LogP contribution in [0.2, 0.25) is 0 Å². The van der Waals surface area contributed by atoms with Gasteiger partial charge in [0.25, 0.3) is 0 Å². The predicted molar refractivity (Wildman–Crippen MR) is 122 cm³/mol. The van der Waals surface area contributed by atoms with Crippen molar-refractivity contribution in [3.05, 3.63) is 42.0 Å². The van der Waals surface area contributed by atoms with E-state index in [1.165, 1.54) is 37.7 Å². The first-order chi connectivity index (χ1) is 13.2. The molecule has 0 spiro atoms. The van der Waals surface area contributed by atoms with Crippen LogP contribution in [0.3, 0.4) is 0 Å². The molecule has 1 aliphatic carbocycles. The molecule has 1 saturated carbocycles. The number of aryl methyl sites for hydroxylation is 1. The highest BCUT2D eigenvalue weighted by Crippen LogP contribution is 2.39. The molecule has 154 valence electrons.